The standard InChI is InChI=1S/C16H13N5O2/c22-14-11-5-1-2-6-13(11)19-16(20-14)21-15(23)12(9-18-21)10-4-3-7-17-8-10/h1-9,15,18,23H,(H,19,20,22). The number of aliphatic hydroxyl groups is 1. The first-order valence-corrected chi connectivity index (χ1v) is 7.07. The first kappa shape index (κ1) is 13.5. The Morgan fingerprint density at radius 2 is 2.04 bits per heavy atom. The molecule has 0 spiro atoms. The Bertz CT molecular complexity index is 951. The Morgan fingerprint density at radius 1 is 1.17 bits per heavy atom. The summed E-state index contributed by atoms with van der Waals surface area (Å²) in [5.41, 5.74) is 4.67. The van der Waals surface area contributed by atoms with E-state index in [0.29, 0.717) is 16.5 Å². The molecule has 2 aromatic heterocycles. The van der Waals surface area contributed by atoms with Gasteiger partial charge in [0.25, 0.3) is 5.56 Å². The van der Waals surface area contributed by atoms with Crippen LogP contribution in [0, 0.1) is 0 Å². The number of fused-ring (bicyclic) bond motifs is 1. The molecule has 0 bridgehead atoms. The van der Waals surface area contributed by atoms with Crippen molar-refractivity contribution < 1.29 is 5.11 Å². The van der Waals surface area contributed by atoms with Crippen molar-refractivity contribution >= 4 is 22.4 Å². The molecule has 0 fully saturated rings. The van der Waals surface area contributed by atoms with Gasteiger partial charge in [0.05, 0.1) is 10.9 Å². The van der Waals surface area contributed by atoms with Gasteiger partial charge in [-0.25, -0.2) is 9.99 Å². The summed E-state index contributed by atoms with van der Waals surface area (Å²) in [6.07, 6.45) is 4.01. The van der Waals surface area contributed by atoms with E-state index < -0.39 is 6.23 Å². The lowest BCUT2D eigenvalue weighted by Crippen LogP contribution is -2.40. The van der Waals surface area contributed by atoms with E-state index in [4.69, 9.17) is 0 Å². The molecule has 1 aliphatic heterocycles. The van der Waals surface area contributed by atoms with Gasteiger partial charge in [-0.1, -0.05) is 18.2 Å². The van der Waals surface area contributed by atoms with E-state index in [2.05, 4.69) is 20.4 Å². The molecule has 0 saturated heterocycles. The molecule has 1 atom stereocenters. The second-order valence-corrected chi connectivity index (χ2v) is 5.12. The number of H-pyrrole nitrogens is 1. The Balaban J connectivity index is 1.72. The maximum Gasteiger partial charge on any atom is 0.260 e. The highest BCUT2D eigenvalue weighted by atomic mass is 16.3. The molecule has 1 unspecified atom stereocenters. The molecule has 1 aliphatic rings. The van der Waals surface area contributed by atoms with Gasteiger partial charge in [-0.3, -0.25) is 14.8 Å². The predicted molar refractivity (Wildman–Crippen MR) is 86.2 cm³/mol. The number of nitrogens with zero attached hydrogens (tertiary/aromatic N) is 3. The second kappa shape index (κ2) is 5.22. The molecule has 114 valence electrons. The van der Waals surface area contributed by atoms with Gasteiger partial charge in [-0.05, 0) is 18.2 Å². The molecule has 0 radical (unpaired) electrons. The normalized spacial score (nSPS) is 17.2. The summed E-state index contributed by atoms with van der Waals surface area (Å²) >= 11 is 0. The van der Waals surface area contributed by atoms with Crippen LogP contribution in [0.15, 0.2) is 59.8 Å². The molecule has 3 heterocycles. The van der Waals surface area contributed by atoms with Crippen LogP contribution in [0.5, 0.6) is 0 Å². The van der Waals surface area contributed by atoms with Gasteiger partial charge < -0.3 is 10.5 Å². The number of aromatic nitrogens is 3. The number of anilines is 1. The van der Waals surface area contributed by atoms with Crippen LogP contribution in [0.3, 0.4) is 0 Å². The van der Waals surface area contributed by atoms with E-state index in [1.807, 2.05) is 12.1 Å². The van der Waals surface area contributed by atoms with Crippen LogP contribution in [-0.4, -0.2) is 26.3 Å². The van der Waals surface area contributed by atoms with Crippen LogP contribution in [0.4, 0.5) is 5.95 Å². The minimum absolute atomic E-state index is 0.247. The third kappa shape index (κ3) is 2.23. The number of nitrogens with one attached hydrogen (secondary N) is 2. The average molecular weight is 307 g/mol. The van der Waals surface area contributed by atoms with Crippen LogP contribution >= 0.6 is 0 Å². The molecule has 3 N–H and O–H groups in total. The molecular formula is C16H13N5O2. The van der Waals surface area contributed by atoms with E-state index in [1.165, 1.54) is 5.01 Å². The highest BCUT2D eigenvalue weighted by molar-refractivity contribution is 5.79. The fourth-order valence-electron chi connectivity index (χ4n) is 2.55. The summed E-state index contributed by atoms with van der Waals surface area (Å²) in [6.45, 7) is 0. The summed E-state index contributed by atoms with van der Waals surface area (Å²) in [5.74, 6) is 0.247. The van der Waals surface area contributed by atoms with E-state index in [0.717, 1.165) is 5.56 Å². The van der Waals surface area contributed by atoms with E-state index >= 15 is 0 Å². The van der Waals surface area contributed by atoms with Crippen LogP contribution in [0.2, 0.25) is 0 Å². The number of aromatic amines is 1. The molecule has 3 aromatic rings. The first-order valence-electron chi connectivity index (χ1n) is 7.07. The quantitative estimate of drug-likeness (QED) is 0.654. The lowest BCUT2D eigenvalue weighted by Gasteiger charge is -2.22. The van der Waals surface area contributed by atoms with Gasteiger partial charge >= 0.3 is 0 Å². The van der Waals surface area contributed by atoms with Gasteiger partial charge in [0.2, 0.25) is 5.95 Å². The molecular weight excluding hydrogens is 294 g/mol. The third-order valence-electron chi connectivity index (χ3n) is 3.71. The maximum atomic E-state index is 12.2. The predicted octanol–water partition coefficient (Wildman–Crippen LogP) is 1.00. The third-order valence-corrected chi connectivity index (χ3v) is 3.71. The lowest BCUT2D eigenvalue weighted by molar-refractivity contribution is 0.224. The minimum atomic E-state index is -0.983. The zero-order valence-corrected chi connectivity index (χ0v) is 12.0. The minimum Gasteiger partial charge on any atom is -0.368 e. The smallest absolute Gasteiger partial charge is 0.260 e. The van der Waals surface area contributed by atoms with E-state index in [9.17, 15) is 9.90 Å². The Morgan fingerprint density at radius 3 is 2.87 bits per heavy atom. The highest BCUT2D eigenvalue weighted by Crippen LogP contribution is 2.25. The largest absolute Gasteiger partial charge is 0.368 e. The zero-order valence-electron chi connectivity index (χ0n) is 12.0. The molecule has 4 rings (SSSR count). The molecule has 23 heavy (non-hydrogen) atoms. The van der Waals surface area contributed by atoms with Crippen molar-refractivity contribution in [2.75, 3.05) is 5.01 Å². The monoisotopic (exact) mass is 307 g/mol. The maximum absolute atomic E-state index is 12.2. The molecule has 0 saturated carbocycles. The Hall–Kier alpha value is -3.19. The van der Waals surface area contributed by atoms with Crippen molar-refractivity contribution in [2.45, 2.75) is 6.23 Å². The van der Waals surface area contributed by atoms with Gasteiger partial charge in [0.1, 0.15) is 0 Å². The average Bonchev–Trinajstić information content (AvgIpc) is 2.97. The van der Waals surface area contributed by atoms with Gasteiger partial charge in [0, 0.05) is 29.7 Å². The number of hydrogen-bond donors (Lipinski definition) is 3. The topological polar surface area (TPSA) is 94.1 Å². The lowest BCUT2D eigenvalue weighted by atomic mass is 10.1. The SMILES string of the molecule is O=c1[nH]c(N2NC=C(c3cccnc3)C2O)nc2ccccc12. The van der Waals surface area contributed by atoms with Crippen LogP contribution in [0.1, 0.15) is 5.56 Å². The summed E-state index contributed by atoms with van der Waals surface area (Å²) in [5, 5.41) is 12.4. The first-order chi connectivity index (χ1) is 11.2. The Kier molecular flexibility index (Phi) is 3.06. The van der Waals surface area contributed by atoms with Gasteiger partial charge in [0.15, 0.2) is 6.23 Å². The van der Waals surface area contributed by atoms with Crippen molar-refractivity contribution in [3.05, 3.63) is 70.9 Å². The van der Waals surface area contributed by atoms with E-state index in [1.54, 1.807) is 42.9 Å². The van der Waals surface area contributed by atoms with Crippen LogP contribution in [-0.2, 0) is 0 Å². The van der Waals surface area contributed by atoms with Gasteiger partial charge in [-0.15, -0.1) is 0 Å². The molecule has 0 aliphatic carbocycles. The fourth-order valence-corrected chi connectivity index (χ4v) is 2.55. The summed E-state index contributed by atoms with van der Waals surface area (Å²) < 4.78 is 0. The van der Waals surface area contributed by atoms with Crippen molar-refractivity contribution in [1.29, 1.82) is 0 Å². The summed E-state index contributed by atoms with van der Waals surface area (Å²) in [4.78, 5) is 23.3. The summed E-state index contributed by atoms with van der Waals surface area (Å²) in [7, 11) is 0. The molecule has 0 amide bonds. The van der Waals surface area contributed by atoms with Gasteiger partial charge in [-0.2, -0.15) is 0 Å². The Labute approximate surface area is 130 Å². The molecule has 7 nitrogen and oxygen atoms in total. The van der Waals surface area contributed by atoms with Crippen molar-refractivity contribution in [3.8, 4) is 0 Å². The van der Waals surface area contributed by atoms with Crippen molar-refractivity contribution in [1.82, 2.24) is 20.4 Å². The number of pyridine rings is 1. The number of benzene rings is 1. The number of para-hydroxylation sites is 1. The van der Waals surface area contributed by atoms with E-state index in [-0.39, 0.29) is 11.5 Å². The van der Waals surface area contributed by atoms with Crippen LogP contribution < -0.4 is 16.0 Å². The number of rotatable bonds is 2. The zero-order chi connectivity index (χ0) is 15.8. The number of hydrogen-bond acceptors (Lipinski definition) is 6. The van der Waals surface area contributed by atoms with Crippen molar-refractivity contribution in [2.24, 2.45) is 0 Å². The molecule has 1 aromatic carbocycles. The fraction of sp³-hybridized carbons (Fsp3) is 0.0625. The summed E-state index contributed by atoms with van der Waals surface area (Å²) in [6, 6.07) is 10.7. The number of hydrazine groups is 1. The highest BCUT2D eigenvalue weighted by Gasteiger charge is 2.28. The molecule has 7 heteroatoms. The second-order valence-electron chi connectivity index (χ2n) is 5.12. The van der Waals surface area contributed by atoms with Crippen molar-refractivity contribution in [3.63, 3.8) is 0 Å². The van der Waals surface area contributed by atoms with Crippen LogP contribution in [0.25, 0.3) is 16.5 Å². The number of aliphatic hydroxyl groups excluding tert-OH is 1.